The molecule has 0 aliphatic carbocycles. The molecule has 7 aromatic carbocycles. The van der Waals surface area contributed by atoms with E-state index >= 15 is 0 Å². The first-order valence-corrected chi connectivity index (χ1v) is 17.4. The number of hydrogen-bond acceptors (Lipinski definition) is 4. The first-order chi connectivity index (χ1) is 23.3. The summed E-state index contributed by atoms with van der Waals surface area (Å²) in [6, 6.07) is 56.6. The van der Waals surface area contributed by atoms with E-state index in [2.05, 4.69) is 127 Å². The zero-order chi connectivity index (χ0) is 31.2. The second kappa shape index (κ2) is 12.1. The lowest BCUT2D eigenvalue weighted by Gasteiger charge is -2.43. The van der Waals surface area contributed by atoms with Gasteiger partial charge in [-0.1, -0.05) is 152 Å². The van der Waals surface area contributed by atoms with Gasteiger partial charge in [0.05, 0.1) is 0 Å². The summed E-state index contributed by atoms with van der Waals surface area (Å²) in [5, 5.41) is 5.71. The van der Waals surface area contributed by atoms with Gasteiger partial charge in [-0.05, 0) is 57.8 Å². The normalized spacial score (nSPS) is 17.8. The minimum absolute atomic E-state index is 0.362. The van der Waals surface area contributed by atoms with Crippen molar-refractivity contribution in [2.24, 2.45) is 0 Å². The Balaban J connectivity index is 1.30. The second-order valence-corrected chi connectivity index (χ2v) is 14.1. The molecule has 4 nitrogen and oxygen atoms in total. The maximum absolute atomic E-state index is 7.23. The van der Waals surface area contributed by atoms with Crippen molar-refractivity contribution in [3.8, 4) is 11.5 Å². The van der Waals surface area contributed by atoms with Crippen molar-refractivity contribution in [2.45, 2.75) is 11.7 Å². The molecule has 224 valence electrons. The molecule has 0 fully saturated rings. The summed E-state index contributed by atoms with van der Waals surface area (Å²) >= 11 is 0. The average Bonchev–Trinajstić information content (AvgIpc) is 3.15. The third-order valence-corrected chi connectivity index (χ3v) is 11.7. The minimum Gasteiger partial charge on any atom is -0.532 e. The Morgan fingerprint density at radius 3 is 1.28 bits per heavy atom. The molecule has 0 saturated carbocycles. The molecule has 0 N–H and O–H groups in total. The van der Waals surface area contributed by atoms with Crippen molar-refractivity contribution < 1.29 is 18.6 Å². The molecule has 7 heteroatoms. The molecular weight excluding hydrogens is 597 g/mol. The summed E-state index contributed by atoms with van der Waals surface area (Å²) in [5.74, 6) is 0.946. The monoisotopic (exact) mass is 626 g/mol. The van der Waals surface area contributed by atoms with Gasteiger partial charge in [0.1, 0.15) is 23.2 Å². The van der Waals surface area contributed by atoms with E-state index in [0.29, 0.717) is 0 Å². The number of hydrogen-bond donors (Lipinski definition) is 0. The van der Waals surface area contributed by atoms with Crippen molar-refractivity contribution in [2.75, 3.05) is 0 Å². The van der Waals surface area contributed by atoms with Gasteiger partial charge in [0.25, 0.3) is 0 Å². The molecule has 9 rings (SSSR count). The summed E-state index contributed by atoms with van der Waals surface area (Å²) in [4.78, 5) is 0. The molecule has 0 amide bonds. The summed E-state index contributed by atoms with van der Waals surface area (Å²) in [6.45, 7) is 0. The van der Waals surface area contributed by atoms with Crippen LogP contribution in [0.3, 0.4) is 0 Å². The zero-order valence-electron chi connectivity index (χ0n) is 25.5. The molecule has 2 heterocycles. The Bertz CT molecular complexity index is 2060. The van der Waals surface area contributed by atoms with Gasteiger partial charge in [-0.15, -0.1) is 0 Å². The van der Waals surface area contributed by atoms with Crippen LogP contribution in [0, 0.1) is 0 Å². The maximum atomic E-state index is 7.23. The van der Waals surface area contributed by atoms with Gasteiger partial charge in [0, 0.05) is 11.1 Å². The lowest BCUT2D eigenvalue weighted by atomic mass is 9.77. The second-order valence-electron chi connectivity index (χ2n) is 11.8. The van der Waals surface area contributed by atoms with E-state index in [4.69, 9.17) is 18.6 Å². The minimum atomic E-state index is -1.25. The molecule has 0 saturated heterocycles. The standard InChI is InChI=1S/C40H29B2O4P/c1-4-16-30(17-5-1)41-43-35-26-24-28-14-10-12-22-33(28)37(35)39(45-41)47(32-20-8-3-9-21-32)40-38-34-23-13-11-15-29(34)25-27-36(38)44-42(46-40)31-18-6-2-7-19-31/h1-27,39-40H. The largest absolute Gasteiger partial charge is 0.563 e. The third-order valence-electron chi connectivity index (χ3n) is 9.03. The molecule has 0 aromatic heterocycles. The van der Waals surface area contributed by atoms with Crippen LogP contribution in [0.5, 0.6) is 11.5 Å². The summed E-state index contributed by atoms with van der Waals surface area (Å²) in [7, 11) is -2.42. The SMILES string of the molecule is c1ccc(B2Oc3ccc4ccccc4c3C(P(c3ccccc3)C3OB(c4ccccc4)Oc4ccc5ccccc5c43)O2)cc1. The zero-order valence-corrected chi connectivity index (χ0v) is 26.4. The Morgan fingerprint density at radius 1 is 0.404 bits per heavy atom. The van der Waals surface area contributed by atoms with Crippen LogP contribution < -0.4 is 25.5 Å². The van der Waals surface area contributed by atoms with Crippen molar-refractivity contribution in [1.82, 2.24) is 0 Å². The van der Waals surface area contributed by atoms with Gasteiger partial charge in [-0.2, -0.15) is 0 Å². The van der Waals surface area contributed by atoms with Crippen LogP contribution in [0.4, 0.5) is 0 Å². The Labute approximate surface area is 275 Å². The molecule has 2 aliphatic rings. The quantitative estimate of drug-likeness (QED) is 0.143. The average molecular weight is 626 g/mol. The van der Waals surface area contributed by atoms with E-state index in [1.165, 1.54) is 5.30 Å². The number of rotatable bonds is 5. The smallest absolute Gasteiger partial charge is 0.532 e. The lowest BCUT2D eigenvalue weighted by molar-refractivity contribution is 0.201. The van der Waals surface area contributed by atoms with Gasteiger partial charge >= 0.3 is 14.2 Å². The predicted octanol–water partition coefficient (Wildman–Crippen LogP) is 8.11. The summed E-state index contributed by atoms with van der Waals surface area (Å²) < 4.78 is 27.8. The first kappa shape index (κ1) is 28.4. The van der Waals surface area contributed by atoms with E-state index in [0.717, 1.165) is 55.1 Å². The van der Waals surface area contributed by atoms with Crippen LogP contribution in [-0.2, 0) is 9.31 Å². The topological polar surface area (TPSA) is 36.9 Å². The summed E-state index contributed by atoms with van der Waals surface area (Å²) in [5.41, 5.74) is 4.05. The molecule has 7 aromatic rings. The molecule has 0 bridgehead atoms. The number of benzene rings is 7. The third kappa shape index (κ3) is 5.10. The molecule has 2 unspecified atom stereocenters. The van der Waals surface area contributed by atoms with Crippen molar-refractivity contribution in [3.05, 3.63) is 175 Å². The van der Waals surface area contributed by atoms with Crippen LogP contribution in [0.2, 0.25) is 0 Å². The van der Waals surface area contributed by atoms with Crippen LogP contribution in [0.15, 0.2) is 164 Å². The fourth-order valence-corrected chi connectivity index (χ4v) is 9.72. The van der Waals surface area contributed by atoms with Crippen LogP contribution in [0.25, 0.3) is 21.5 Å². The van der Waals surface area contributed by atoms with Gasteiger partial charge in [-0.25, -0.2) is 0 Å². The van der Waals surface area contributed by atoms with Crippen molar-refractivity contribution in [1.29, 1.82) is 0 Å². The van der Waals surface area contributed by atoms with Crippen molar-refractivity contribution >= 4 is 59.9 Å². The lowest BCUT2D eigenvalue weighted by Crippen LogP contribution is -2.46. The van der Waals surface area contributed by atoms with Gasteiger partial charge in [0.2, 0.25) is 0 Å². The molecule has 2 aliphatic heterocycles. The molecule has 47 heavy (non-hydrogen) atoms. The van der Waals surface area contributed by atoms with E-state index in [9.17, 15) is 0 Å². The van der Waals surface area contributed by atoms with E-state index in [-0.39, 0.29) is 11.7 Å². The van der Waals surface area contributed by atoms with Crippen LogP contribution in [0.1, 0.15) is 22.8 Å². The highest BCUT2D eigenvalue weighted by Crippen LogP contribution is 2.67. The van der Waals surface area contributed by atoms with Crippen LogP contribution in [-0.4, -0.2) is 14.2 Å². The Kier molecular flexibility index (Phi) is 7.28. The van der Waals surface area contributed by atoms with Gasteiger partial charge < -0.3 is 18.6 Å². The Hall–Kier alpha value is -4.86. The fraction of sp³-hybridized carbons (Fsp3) is 0.0500. The van der Waals surface area contributed by atoms with E-state index < -0.39 is 22.2 Å². The van der Waals surface area contributed by atoms with E-state index in [1.54, 1.807) is 0 Å². The van der Waals surface area contributed by atoms with Crippen LogP contribution >= 0.6 is 7.92 Å². The highest BCUT2D eigenvalue weighted by molar-refractivity contribution is 7.66. The molecule has 0 radical (unpaired) electrons. The van der Waals surface area contributed by atoms with E-state index in [1.807, 2.05) is 36.4 Å². The number of fused-ring (bicyclic) bond motifs is 6. The predicted molar refractivity (Wildman–Crippen MR) is 193 cm³/mol. The fourth-order valence-electron chi connectivity index (χ4n) is 6.84. The summed E-state index contributed by atoms with van der Waals surface area (Å²) in [6.07, 6.45) is 0. The first-order valence-electron chi connectivity index (χ1n) is 15.9. The highest BCUT2D eigenvalue weighted by Gasteiger charge is 2.48. The van der Waals surface area contributed by atoms with Gasteiger partial charge in [-0.3, -0.25) is 0 Å². The highest BCUT2D eigenvalue weighted by atomic mass is 31.1. The van der Waals surface area contributed by atoms with Crippen molar-refractivity contribution in [3.63, 3.8) is 0 Å². The molecule has 2 atom stereocenters. The molecular formula is C40H29B2O4P. The van der Waals surface area contributed by atoms with Gasteiger partial charge in [0.15, 0.2) is 0 Å². The molecule has 0 spiro atoms. The Morgan fingerprint density at radius 2 is 0.809 bits per heavy atom. The maximum Gasteiger partial charge on any atom is 0.563 e.